The van der Waals surface area contributed by atoms with Crippen molar-refractivity contribution in [2.45, 2.75) is 26.4 Å². The summed E-state index contributed by atoms with van der Waals surface area (Å²) in [7, 11) is 1.77. The number of nitrogens with zero attached hydrogens (tertiary/aromatic N) is 5. The van der Waals surface area contributed by atoms with E-state index >= 15 is 0 Å². The largest absolute Gasteiger partial charge is 0.325 e. The van der Waals surface area contributed by atoms with Gasteiger partial charge >= 0.3 is 0 Å². The molecule has 7 nitrogen and oxygen atoms in total. The van der Waals surface area contributed by atoms with Crippen molar-refractivity contribution in [3.05, 3.63) is 28.3 Å². The van der Waals surface area contributed by atoms with E-state index in [9.17, 15) is 4.79 Å². The molecule has 0 saturated carbocycles. The molecule has 0 amide bonds. The minimum atomic E-state index is -0.0154. The molecule has 2 rings (SSSR count). The Morgan fingerprint density at radius 1 is 1.53 bits per heavy atom. The maximum absolute atomic E-state index is 12.0. The van der Waals surface area contributed by atoms with Crippen molar-refractivity contribution in [1.29, 1.82) is 0 Å². The van der Waals surface area contributed by atoms with Crippen LogP contribution in [0.15, 0.2) is 6.20 Å². The molecule has 0 saturated heterocycles. The van der Waals surface area contributed by atoms with Gasteiger partial charge in [0, 0.05) is 13.6 Å². The van der Waals surface area contributed by atoms with Crippen LogP contribution in [0.4, 0.5) is 0 Å². The Bertz CT molecular complexity index is 602. The average molecular weight is 283 g/mol. The van der Waals surface area contributed by atoms with E-state index in [2.05, 4.69) is 15.4 Å². The SMILES string of the molecule is Cc1nn(C)c(CC(=O)Cn2cc(CN)nn2)c1Cl. The van der Waals surface area contributed by atoms with E-state index in [1.165, 1.54) is 4.68 Å². The third-order valence-electron chi connectivity index (χ3n) is 2.76. The monoisotopic (exact) mass is 282 g/mol. The van der Waals surface area contributed by atoms with Crippen molar-refractivity contribution in [1.82, 2.24) is 24.8 Å². The molecule has 0 aliphatic rings. The number of carbonyl (C=O) groups excluding carboxylic acids is 1. The number of hydrogen-bond donors (Lipinski definition) is 1. The Labute approximate surface area is 115 Å². The van der Waals surface area contributed by atoms with Crippen LogP contribution in [0.1, 0.15) is 17.1 Å². The van der Waals surface area contributed by atoms with Gasteiger partial charge in [0.1, 0.15) is 6.54 Å². The van der Waals surface area contributed by atoms with Gasteiger partial charge in [0.2, 0.25) is 0 Å². The van der Waals surface area contributed by atoms with Gasteiger partial charge in [-0.05, 0) is 6.92 Å². The van der Waals surface area contributed by atoms with Crippen LogP contribution in [-0.4, -0.2) is 30.6 Å². The summed E-state index contributed by atoms with van der Waals surface area (Å²) in [4.78, 5) is 12.0. The fourth-order valence-corrected chi connectivity index (χ4v) is 2.03. The summed E-state index contributed by atoms with van der Waals surface area (Å²) in [6, 6.07) is 0. The molecule has 0 fully saturated rings. The third-order valence-corrected chi connectivity index (χ3v) is 3.25. The second-order valence-electron chi connectivity index (χ2n) is 4.30. The zero-order chi connectivity index (χ0) is 14.0. The van der Waals surface area contributed by atoms with E-state index in [4.69, 9.17) is 17.3 Å². The number of rotatable bonds is 5. The Morgan fingerprint density at radius 2 is 2.26 bits per heavy atom. The van der Waals surface area contributed by atoms with Gasteiger partial charge in [-0.15, -0.1) is 5.10 Å². The maximum Gasteiger partial charge on any atom is 0.160 e. The molecule has 102 valence electrons. The van der Waals surface area contributed by atoms with E-state index in [-0.39, 0.29) is 18.7 Å². The van der Waals surface area contributed by atoms with Crippen molar-refractivity contribution < 1.29 is 4.79 Å². The van der Waals surface area contributed by atoms with Gasteiger partial charge in [-0.1, -0.05) is 16.8 Å². The molecule has 2 heterocycles. The zero-order valence-corrected chi connectivity index (χ0v) is 11.6. The molecule has 0 aliphatic carbocycles. The van der Waals surface area contributed by atoms with Crippen LogP contribution in [0.25, 0.3) is 0 Å². The molecular formula is C11H15ClN6O. The summed E-state index contributed by atoms with van der Waals surface area (Å²) in [6.45, 7) is 2.26. The minimum Gasteiger partial charge on any atom is -0.325 e. The number of nitrogens with two attached hydrogens (primary N) is 1. The number of ketones is 1. The third kappa shape index (κ3) is 2.99. The molecule has 2 aromatic heterocycles. The van der Waals surface area contributed by atoms with Crippen molar-refractivity contribution in [2.75, 3.05) is 0 Å². The highest BCUT2D eigenvalue weighted by atomic mass is 35.5. The fraction of sp³-hybridized carbons (Fsp3) is 0.455. The second kappa shape index (κ2) is 5.50. The first-order chi connectivity index (χ1) is 9.01. The van der Waals surface area contributed by atoms with Crippen LogP contribution in [0, 0.1) is 6.92 Å². The smallest absolute Gasteiger partial charge is 0.160 e. The zero-order valence-electron chi connectivity index (χ0n) is 10.8. The molecule has 0 unspecified atom stereocenters. The quantitative estimate of drug-likeness (QED) is 0.848. The molecule has 0 aliphatic heterocycles. The molecular weight excluding hydrogens is 268 g/mol. The van der Waals surface area contributed by atoms with E-state index in [1.54, 1.807) is 24.9 Å². The standard InChI is InChI=1S/C11H15ClN6O/c1-7-11(12)10(17(2)15-7)3-9(19)6-18-5-8(4-13)14-16-18/h5H,3-4,6,13H2,1-2H3. The lowest BCUT2D eigenvalue weighted by Crippen LogP contribution is -2.15. The van der Waals surface area contributed by atoms with E-state index in [0.717, 1.165) is 5.69 Å². The molecule has 19 heavy (non-hydrogen) atoms. The highest BCUT2D eigenvalue weighted by Crippen LogP contribution is 2.20. The minimum absolute atomic E-state index is 0.0154. The van der Waals surface area contributed by atoms with Crippen LogP contribution in [-0.2, 0) is 31.4 Å². The van der Waals surface area contributed by atoms with Crippen LogP contribution < -0.4 is 5.73 Å². The van der Waals surface area contributed by atoms with Gasteiger partial charge in [-0.25, -0.2) is 4.68 Å². The van der Waals surface area contributed by atoms with Crippen molar-refractivity contribution >= 4 is 17.4 Å². The summed E-state index contributed by atoms with van der Waals surface area (Å²) in [5.74, 6) is -0.0154. The van der Waals surface area contributed by atoms with Crippen LogP contribution in [0.3, 0.4) is 0 Å². The molecule has 0 radical (unpaired) electrons. The van der Waals surface area contributed by atoms with Crippen molar-refractivity contribution in [2.24, 2.45) is 12.8 Å². The number of hydrogen-bond acceptors (Lipinski definition) is 5. The molecule has 0 spiro atoms. The summed E-state index contributed by atoms with van der Waals surface area (Å²) >= 11 is 6.10. The Kier molecular flexibility index (Phi) is 3.96. The predicted octanol–water partition coefficient (Wildman–Crippen LogP) is 0.244. The molecule has 8 heteroatoms. The fourth-order valence-electron chi connectivity index (χ4n) is 1.80. The lowest BCUT2D eigenvalue weighted by Gasteiger charge is -2.02. The number of aryl methyl sites for hydroxylation is 2. The lowest BCUT2D eigenvalue weighted by molar-refractivity contribution is -0.119. The predicted molar refractivity (Wildman–Crippen MR) is 69.6 cm³/mol. The first kappa shape index (κ1) is 13.7. The Hall–Kier alpha value is -1.73. The first-order valence-electron chi connectivity index (χ1n) is 5.80. The van der Waals surface area contributed by atoms with Crippen LogP contribution in [0.5, 0.6) is 0 Å². The highest BCUT2D eigenvalue weighted by molar-refractivity contribution is 6.32. The molecule has 2 aromatic rings. The maximum atomic E-state index is 12.0. The normalized spacial score (nSPS) is 10.9. The number of aromatic nitrogens is 5. The van der Waals surface area contributed by atoms with Crippen LogP contribution >= 0.6 is 11.6 Å². The van der Waals surface area contributed by atoms with Gasteiger partial charge in [0.15, 0.2) is 5.78 Å². The van der Waals surface area contributed by atoms with Crippen molar-refractivity contribution in [3.8, 4) is 0 Å². The second-order valence-corrected chi connectivity index (χ2v) is 4.67. The van der Waals surface area contributed by atoms with Gasteiger partial charge in [0.05, 0.1) is 34.7 Å². The Balaban J connectivity index is 2.05. The summed E-state index contributed by atoms with van der Waals surface area (Å²) in [5, 5.41) is 12.4. The first-order valence-corrected chi connectivity index (χ1v) is 6.17. The summed E-state index contributed by atoms with van der Waals surface area (Å²) in [6.07, 6.45) is 1.88. The van der Waals surface area contributed by atoms with E-state index in [1.807, 2.05) is 0 Å². The molecule has 0 bridgehead atoms. The van der Waals surface area contributed by atoms with Crippen molar-refractivity contribution in [3.63, 3.8) is 0 Å². The number of carbonyl (C=O) groups is 1. The summed E-state index contributed by atoms with van der Waals surface area (Å²) in [5.41, 5.74) is 7.52. The van der Waals surface area contributed by atoms with Gasteiger partial charge in [-0.3, -0.25) is 9.48 Å². The Morgan fingerprint density at radius 3 is 2.79 bits per heavy atom. The number of Topliss-reactive ketones (excluding diaryl/α,β-unsaturated/α-hetero) is 1. The molecule has 0 atom stereocenters. The van der Waals surface area contributed by atoms with E-state index in [0.29, 0.717) is 23.0 Å². The molecule has 0 aromatic carbocycles. The van der Waals surface area contributed by atoms with Gasteiger partial charge < -0.3 is 5.73 Å². The topological polar surface area (TPSA) is 91.6 Å². The average Bonchev–Trinajstić information content (AvgIpc) is 2.90. The highest BCUT2D eigenvalue weighted by Gasteiger charge is 2.15. The number of halogens is 1. The van der Waals surface area contributed by atoms with Gasteiger partial charge in [0.25, 0.3) is 0 Å². The molecule has 2 N–H and O–H groups in total. The van der Waals surface area contributed by atoms with E-state index < -0.39 is 0 Å². The van der Waals surface area contributed by atoms with Crippen LogP contribution in [0.2, 0.25) is 5.02 Å². The lowest BCUT2D eigenvalue weighted by atomic mass is 10.2. The summed E-state index contributed by atoms with van der Waals surface area (Å²) < 4.78 is 3.10. The van der Waals surface area contributed by atoms with Gasteiger partial charge in [-0.2, -0.15) is 5.10 Å².